The van der Waals surface area contributed by atoms with Gasteiger partial charge < -0.3 is 0 Å². The molecule has 0 bridgehead atoms. The van der Waals surface area contributed by atoms with Crippen molar-refractivity contribution in [3.05, 3.63) is 16.6 Å². The average molecular weight is 209 g/mol. The van der Waals surface area contributed by atoms with Gasteiger partial charge in [-0.25, -0.2) is 4.98 Å². The molecule has 0 radical (unpaired) electrons. The highest BCUT2D eigenvalue weighted by molar-refractivity contribution is 7.09. The topological polar surface area (TPSA) is 30.0 Å². The van der Waals surface area contributed by atoms with E-state index in [1.165, 1.54) is 19.3 Å². The Labute approximate surface area is 88.4 Å². The maximum Gasteiger partial charge on any atom is 0.142 e. The fourth-order valence-corrected chi connectivity index (χ4v) is 2.80. The fraction of sp³-hybridized carbons (Fsp3) is 0.636. The molecule has 0 spiro atoms. The van der Waals surface area contributed by atoms with Crippen LogP contribution in [0.15, 0.2) is 11.6 Å². The summed E-state index contributed by atoms with van der Waals surface area (Å²) in [4.78, 5) is 16.1. The predicted molar refractivity (Wildman–Crippen MR) is 57.6 cm³/mol. The summed E-state index contributed by atoms with van der Waals surface area (Å²) in [6.07, 6.45) is 8.30. The molecule has 14 heavy (non-hydrogen) atoms. The van der Waals surface area contributed by atoms with E-state index in [9.17, 15) is 4.79 Å². The molecule has 2 nitrogen and oxygen atoms in total. The Hall–Kier alpha value is -0.700. The molecule has 1 atom stereocenters. The molecule has 3 heteroatoms. The van der Waals surface area contributed by atoms with Crippen molar-refractivity contribution in [2.45, 2.75) is 44.4 Å². The zero-order chi connectivity index (χ0) is 9.80. The molecular weight excluding hydrogens is 194 g/mol. The second kappa shape index (κ2) is 4.69. The van der Waals surface area contributed by atoms with Crippen LogP contribution >= 0.6 is 11.3 Å². The summed E-state index contributed by atoms with van der Waals surface area (Å²) in [5, 5.41) is 2.98. The molecule has 1 aromatic rings. The molecule has 76 valence electrons. The maximum absolute atomic E-state index is 11.8. The lowest BCUT2D eigenvalue weighted by Crippen LogP contribution is -2.14. The summed E-state index contributed by atoms with van der Waals surface area (Å²) in [6, 6.07) is 0. The molecule has 0 amide bonds. The predicted octanol–water partition coefficient (Wildman–Crippen LogP) is 3.15. The Balaban J connectivity index is 2.10. The first kappa shape index (κ1) is 9.84. The number of aromatic nitrogens is 1. The van der Waals surface area contributed by atoms with Crippen molar-refractivity contribution in [3.63, 3.8) is 0 Å². The van der Waals surface area contributed by atoms with Gasteiger partial charge in [-0.2, -0.15) is 0 Å². The number of ketones is 1. The minimum Gasteiger partial charge on any atom is -0.299 e. The van der Waals surface area contributed by atoms with E-state index in [1.54, 1.807) is 17.5 Å². The SMILES string of the molecule is O=C1CCCCCCC1c1nccs1. The number of nitrogens with zero attached hydrogens (tertiary/aromatic N) is 1. The van der Waals surface area contributed by atoms with E-state index >= 15 is 0 Å². The Morgan fingerprint density at radius 1 is 1.29 bits per heavy atom. The molecule has 1 heterocycles. The van der Waals surface area contributed by atoms with Crippen molar-refractivity contribution in [1.82, 2.24) is 4.98 Å². The van der Waals surface area contributed by atoms with Crippen LogP contribution in [0.4, 0.5) is 0 Å². The highest BCUT2D eigenvalue weighted by Crippen LogP contribution is 2.29. The van der Waals surface area contributed by atoms with Crippen LogP contribution < -0.4 is 0 Å². The first-order chi connectivity index (χ1) is 6.88. The van der Waals surface area contributed by atoms with Gasteiger partial charge in [0.25, 0.3) is 0 Å². The molecule has 1 aliphatic carbocycles. The molecule has 0 aromatic carbocycles. The van der Waals surface area contributed by atoms with Gasteiger partial charge in [0.2, 0.25) is 0 Å². The highest BCUT2D eigenvalue weighted by Gasteiger charge is 2.23. The summed E-state index contributed by atoms with van der Waals surface area (Å²) in [5.41, 5.74) is 0. The van der Waals surface area contributed by atoms with E-state index < -0.39 is 0 Å². The lowest BCUT2D eigenvalue weighted by atomic mass is 9.90. The zero-order valence-electron chi connectivity index (χ0n) is 8.24. The van der Waals surface area contributed by atoms with E-state index in [0.29, 0.717) is 5.78 Å². The number of hydrogen-bond donors (Lipinski definition) is 0. The Kier molecular flexibility index (Phi) is 3.30. The van der Waals surface area contributed by atoms with Crippen molar-refractivity contribution in [1.29, 1.82) is 0 Å². The molecular formula is C11H15NOS. The van der Waals surface area contributed by atoms with Gasteiger partial charge in [0, 0.05) is 18.0 Å². The summed E-state index contributed by atoms with van der Waals surface area (Å²) < 4.78 is 0. The number of thiazole rings is 1. The van der Waals surface area contributed by atoms with E-state index in [2.05, 4.69) is 4.98 Å². The molecule has 1 aromatic heterocycles. The molecule has 1 fully saturated rings. The van der Waals surface area contributed by atoms with Crippen molar-refractivity contribution in [2.75, 3.05) is 0 Å². The molecule has 0 saturated heterocycles. The number of carbonyl (C=O) groups is 1. The first-order valence-electron chi connectivity index (χ1n) is 5.30. The third kappa shape index (κ3) is 2.21. The zero-order valence-corrected chi connectivity index (χ0v) is 9.05. The van der Waals surface area contributed by atoms with Crippen molar-refractivity contribution in [3.8, 4) is 0 Å². The van der Waals surface area contributed by atoms with Gasteiger partial charge in [0.1, 0.15) is 10.8 Å². The Bertz CT molecular complexity index is 294. The van der Waals surface area contributed by atoms with Crippen LogP contribution in [0.5, 0.6) is 0 Å². The van der Waals surface area contributed by atoms with Crippen LogP contribution in [0.2, 0.25) is 0 Å². The summed E-state index contributed by atoms with van der Waals surface area (Å²) >= 11 is 1.62. The van der Waals surface area contributed by atoms with Gasteiger partial charge in [-0.15, -0.1) is 11.3 Å². The molecule has 1 saturated carbocycles. The van der Waals surface area contributed by atoms with Crippen molar-refractivity contribution in [2.24, 2.45) is 0 Å². The Morgan fingerprint density at radius 2 is 2.14 bits per heavy atom. The van der Waals surface area contributed by atoms with E-state index in [0.717, 1.165) is 24.3 Å². The minimum absolute atomic E-state index is 0.107. The number of carbonyl (C=O) groups excluding carboxylic acids is 1. The fourth-order valence-electron chi connectivity index (χ4n) is 2.00. The smallest absolute Gasteiger partial charge is 0.142 e. The van der Waals surface area contributed by atoms with E-state index in [4.69, 9.17) is 0 Å². The standard InChI is InChI=1S/C11H15NOS/c13-10-6-4-2-1-3-5-9(10)11-12-7-8-14-11/h7-9H,1-6H2. The van der Waals surface area contributed by atoms with E-state index in [1.807, 2.05) is 5.38 Å². The second-order valence-electron chi connectivity index (χ2n) is 3.84. The van der Waals surface area contributed by atoms with Gasteiger partial charge in [-0.1, -0.05) is 19.3 Å². The third-order valence-electron chi connectivity index (χ3n) is 2.80. The van der Waals surface area contributed by atoms with Gasteiger partial charge in [0.15, 0.2) is 0 Å². The van der Waals surface area contributed by atoms with Crippen molar-refractivity contribution < 1.29 is 4.79 Å². The van der Waals surface area contributed by atoms with Gasteiger partial charge in [0.05, 0.1) is 5.92 Å². The number of hydrogen-bond acceptors (Lipinski definition) is 3. The second-order valence-corrected chi connectivity index (χ2v) is 4.77. The maximum atomic E-state index is 11.8. The quantitative estimate of drug-likeness (QED) is 0.711. The highest BCUT2D eigenvalue weighted by atomic mass is 32.1. The van der Waals surface area contributed by atoms with Crippen LogP contribution in [0.3, 0.4) is 0 Å². The summed E-state index contributed by atoms with van der Waals surface area (Å²) in [6.45, 7) is 0. The summed E-state index contributed by atoms with van der Waals surface area (Å²) in [5.74, 6) is 0.509. The largest absolute Gasteiger partial charge is 0.299 e. The third-order valence-corrected chi connectivity index (χ3v) is 3.69. The van der Waals surface area contributed by atoms with Crippen LogP contribution in [0, 0.1) is 0 Å². The van der Waals surface area contributed by atoms with Crippen molar-refractivity contribution >= 4 is 17.1 Å². The molecule has 0 N–H and O–H groups in total. The molecule has 1 aliphatic rings. The normalized spacial score (nSPS) is 24.3. The molecule has 2 rings (SSSR count). The average Bonchev–Trinajstić information content (AvgIpc) is 2.65. The number of rotatable bonds is 1. The van der Waals surface area contributed by atoms with Crippen LogP contribution in [-0.4, -0.2) is 10.8 Å². The Morgan fingerprint density at radius 3 is 2.93 bits per heavy atom. The van der Waals surface area contributed by atoms with Crippen LogP contribution in [-0.2, 0) is 4.79 Å². The first-order valence-corrected chi connectivity index (χ1v) is 6.18. The molecule has 0 aliphatic heterocycles. The van der Waals surface area contributed by atoms with Gasteiger partial charge in [-0.05, 0) is 12.8 Å². The minimum atomic E-state index is 0.107. The lowest BCUT2D eigenvalue weighted by molar-refractivity contribution is -0.121. The number of Topliss-reactive ketones (excluding diaryl/α,β-unsaturated/α-hetero) is 1. The summed E-state index contributed by atoms with van der Waals surface area (Å²) in [7, 11) is 0. The molecule has 1 unspecified atom stereocenters. The van der Waals surface area contributed by atoms with Crippen LogP contribution in [0.25, 0.3) is 0 Å². The van der Waals surface area contributed by atoms with Gasteiger partial charge >= 0.3 is 0 Å². The van der Waals surface area contributed by atoms with E-state index in [-0.39, 0.29) is 5.92 Å². The van der Waals surface area contributed by atoms with Crippen LogP contribution in [0.1, 0.15) is 49.5 Å². The lowest BCUT2D eigenvalue weighted by Gasteiger charge is -2.16. The monoisotopic (exact) mass is 209 g/mol. The van der Waals surface area contributed by atoms with Gasteiger partial charge in [-0.3, -0.25) is 4.79 Å².